The van der Waals surface area contributed by atoms with Crippen LogP contribution in [0.2, 0.25) is 0 Å². The normalized spacial score (nSPS) is 18.6. The Balaban J connectivity index is 1.97. The van der Waals surface area contributed by atoms with Gasteiger partial charge >= 0.3 is 0 Å². The minimum Gasteiger partial charge on any atom is -0.0814 e. The minimum absolute atomic E-state index is 0.280. The van der Waals surface area contributed by atoms with Gasteiger partial charge in [-0.05, 0) is 41.7 Å². The Bertz CT molecular complexity index is 678. The molecular weight excluding hydrogens is 263 g/mol. The fourth-order valence-corrected chi connectivity index (χ4v) is 3.55. The summed E-state index contributed by atoms with van der Waals surface area (Å²) in [6.45, 7) is 11.7. The van der Waals surface area contributed by atoms with E-state index >= 15 is 0 Å². The van der Waals surface area contributed by atoms with Gasteiger partial charge in [0.25, 0.3) is 0 Å². The Morgan fingerprint density at radius 2 is 1.27 bits per heavy atom. The van der Waals surface area contributed by atoms with E-state index < -0.39 is 0 Å². The second kappa shape index (κ2) is 5.30. The van der Waals surface area contributed by atoms with Crippen LogP contribution in [0, 0.1) is 6.92 Å². The predicted molar refractivity (Wildman–Crippen MR) is 97.9 cm³/mol. The van der Waals surface area contributed by atoms with Crippen LogP contribution < -0.4 is 10.9 Å². The van der Waals surface area contributed by atoms with Crippen molar-refractivity contribution in [2.45, 2.75) is 58.3 Å². The van der Waals surface area contributed by atoms with E-state index in [1.807, 2.05) is 0 Å². The van der Waals surface area contributed by atoms with E-state index in [4.69, 9.17) is 0 Å². The van der Waals surface area contributed by atoms with Crippen molar-refractivity contribution in [1.29, 1.82) is 0 Å². The molecule has 0 atom stereocenters. The minimum atomic E-state index is 0.280. The van der Waals surface area contributed by atoms with Crippen LogP contribution in [0.15, 0.2) is 42.5 Å². The van der Waals surface area contributed by atoms with Crippen LogP contribution in [-0.2, 0) is 10.8 Å². The molecule has 0 heterocycles. The summed E-state index contributed by atoms with van der Waals surface area (Å²) in [5.41, 5.74) is 7.54. The van der Waals surface area contributed by atoms with Gasteiger partial charge in [-0.1, -0.05) is 86.6 Å². The number of hydrogen-bond acceptors (Lipinski definition) is 0. The lowest BCUT2D eigenvalue weighted by Crippen LogP contribution is -2.36. The number of hydrogen-bond donors (Lipinski definition) is 0. The first-order chi connectivity index (χ1) is 10.3. The van der Waals surface area contributed by atoms with Crippen molar-refractivity contribution in [3.63, 3.8) is 0 Å². The van der Waals surface area contributed by atoms with Gasteiger partial charge in [-0.3, -0.25) is 0 Å². The van der Waals surface area contributed by atoms with Crippen molar-refractivity contribution in [2.75, 3.05) is 0 Å². The topological polar surface area (TPSA) is 0 Å². The molecule has 22 heavy (non-hydrogen) atoms. The molecule has 1 aliphatic rings. The van der Waals surface area contributed by atoms with Crippen LogP contribution in [0.1, 0.15) is 57.2 Å². The molecule has 0 unspecified atom stereocenters. The molecule has 0 aliphatic heterocycles. The zero-order valence-electron chi connectivity index (χ0n) is 14.5. The maximum absolute atomic E-state index is 2.41. The molecule has 0 amide bonds. The number of aryl methyl sites for hydroxylation is 1. The van der Waals surface area contributed by atoms with Crippen molar-refractivity contribution < 1.29 is 0 Å². The molecule has 2 aromatic carbocycles. The average Bonchev–Trinajstić information content (AvgIpc) is 2.47. The van der Waals surface area contributed by atoms with Gasteiger partial charge in [0.15, 0.2) is 7.28 Å². The van der Waals surface area contributed by atoms with Crippen LogP contribution in [0.5, 0.6) is 0 Å². The average molecular weight is 289 g/mol. The third-order valence-corrected chi connectivity index (χ3v) is 5.29. The molecule has 1 heteroatoms. The summed E-state index contributed by atoms with van der Waals surface area (Å²) in [5, 5.41) is 0. The molecule has 1 radical (unpaired) electrons. The van der Waals surface area contributed by atoms with E-state index in [9.17, 15) is 0 Å². The Morgan fingerprint density at radius 1 is 0.727 bits per heavy atom. The van der Waals surface area contributed by atoms with Gasteiger partial charge in [-0.15, -0.1) is 0 Å². The highest BCUT2D eigenvalue weighted by Crippen LogP contribution is 2.45. The first kappa shape index (κ1) is 15.4. The summed E-state index contributed by atoms with van der Waals surface area (Å²) in [6.07, 6.45) is 2.54. The molecule has 1 aliphatic carbocycles. The van der Waals surface area contributed by atoms with Gasteiger partial charge < -0.3 is 0 Å². The third kappa shape index (κ3) is 2.86. The Labute approximate surface area is 136 Å². The summed E-state index contributed by atoms with van der Waals surface area (Å²) in [6, 6.07) is 15.8. The standard InChI is InChI=1S/C21H26B/c1-15-6-8-16(9-7-15)22-17-10-11-18-19(14-17)21(4,5)13-12-20(18,2)3/h6-11,14H,12-13H2,1-5H3. The lowest BCUT2D eigenvalue weighted by Gasteiger charge is -2.42. The van der Waals surface area contributed by atoms with Crippen LogP contribution in [0.25, 0.3) is 0 Å². The van der Waals surface area contributed by atoms with Crippen LogP contribution in [0.4, 0.5) is 0 Å². The molecule has 0 fully saturated rings. The van der Waals surface area contributed by atoms with Crippen LogP contribution in [-0.4, -0.2) is 7.28 Å². The van der Waals surface area contributed by atoms with E-state index in [2.05, 4.69) is 84.4 Å². The van der Waals surface area contributed by atoms with Crippen molar-refractivity contribution in [1.82, 2.24) is 0 Å². The summed E-state index contributed by atoms with van der Waals surface area (Å²) in [4.78, 5) is 0. The van der Waals surface area contributed by atoms with Gasteiger partial charge in [0.2, 0.25) is 0 Å². The monoisotopic (exact) mass is 289 g/mol. The highest BCUT2D eigenvalue weighted by Gasteiger charge is 2.36. The maximum Gasteiger partial charge on any atom is 0.191 e. The Morgan fingerprint density at radius 3 is 1.91 bits per heavy atom. The zero-order valence-corrected chi connectivity index (χ0v) is 14.5. The molecule has 0 N–H and O–H groups in total. The molecule has 0 saturated heterocycles. The van der Waals surface area contributed by atoms with Crippen molar-refractivity contribution in [3.8, 4) is 0 Å². The number of rotatable bonds is 2. The van der Waals surface area contributed by atoms with Gasteiger partial charge in [0.05, 0.1) is 0 Å². The Hall–Kier alpha value is -1.50. The molecular formula is C21H26B. The quantitative estimate of drug-likeness (QED) is 0.733. The SMILES string of the molecule is Cc1ccc([B]c2ccc3c(c2)C(C)(C)CCC3(C)C)cc1. The molecule has 2 aromatic rings. The maximum atomic E-state index is 2.41. The third-order valence-electron chi connectivity index (χ3n) is 5.29. The first-order valence-corrected chi connectivity index (χ1v) is 8.34. The number of fused-ring (bicyclic) bond motifs is 1. The van der Waals surface area contributed by atoms with Crippen LogP contribution in [0.3, 0.4) is 0 Å². The van der Waals surface area contributed by atoms with E-state index in [1.54, 1.807) is 0 Å². The van der Waals surface area contributed by atoms with Gasteiger partial charge in [0, 0.05) is 0 Å². The summed E-state index contributed by atoms with van der Waals surface area (Å²) in [7, 11) is 2.29. The van der Waals surface area contributed by atoms with E-state index in [0.29, 0.717) is 5.41 Å². The second-order valence-electron chi connectivity index (χ2n) is 8.13. The first-order valence-electron chi connectivity index (χ1n) is 8.34. The van der Waals surface area contributed by atoms with Gasteiger partial charge in [-0.2, -0.15) is 0 Å². The lowest BCUT2D eigenvalue weighted by atomic mass is 9.58. The van der Waals surface area contributed by atoms with Crippen LogP contribution >= 0.6 is 0 Å². The smallest absolute Gasteiger partial charge is 0.0814 e. The van der Waals surface area contributed by atoms with Gasteiger partial charge in [0.1, 0.15) is 0 Å². The van der Waals surface area contributed by atoms with E-state index in [1.165, 1.54) is 40.5 Å². The lowest BCUT2D eigenvalue weighted by molar-refractivity contribution is 0.332. The molecule has 0 aromatic heterocycles. The summed E-state index contributed by atoms with van der Waals surface area (Å²) < 4.78 is 0. The second-order valence-corrected chi connectivity index (χ2v) is 8.13. The predicted octanol–water partition coefficient (Wildman–Crippen LogP) is 4.00. The molecule has 113 valence electrons. The number of benzene rings is 2. The van der Waals surface area contributed by atoms with Crippen molar-refractivity contribution in [2.24, 2.45) is 0 Å². The van der Waals surface area contributed by atoms with E-state index in [0.717, 1.165) is 0 Å². The molecule has 0 bridgehead atoms. The van der Waals surface area contributed by atoms with Gasteiger partial charge in [-0.25, -0.2) is 0 Å². The molecule has 0 spiro atoms. The highest BCUT2D eigenvalue weighted by atomic mass is 14.4. The zero-order chi connectivity index (χ0) is 16.0. The fraction of sp³-hybridized carbons (Fsp3) is 0.429. The summed E-state index contributed by atoms with van der Waals surface area (Å²) >= 11 is 0. The van der Waals surface area contributed by atoms with E-state index in [-0.39, 0.29) is 5.41 Å². The van der Waals surface area contributed by atoms with Crippen molar-refractivity contribution in [3.05, 3.63) is 59.2 Å². The summed E-state index contributed by atoms with van der Waals surface area (Å²) in [5.74, 6) is 0. The fourth-order valence-electron chi connectivity index (χ4n) is 3.55. The molecule has 0 saturated carbocycles. The highest BCUT2D eigenvalue weighted by molar-refractivity contribution is 6.67. The van der Waals surface area contributed by atoms with Crippen molar-refractivity contribution >= 4 is 18.2 Å². The molecule has 3 rings (SSSR count). The molecule has 0 nitrogen and oxygen atoms in total. The Kier molecular flexibility index (Phi) is 3.71. The largest absolute Gasteiger partial charge is 0.191 e.